The number of hydrogen-bond donors (Lipinski definition) is 2. The van der Waals surface area contributed by atoms with Gasteiger partial charge in [0.15, 0.2) is 16.6 Å². The monoisotopic (exact) mass is 404 g/mol. The number of aromatic hydroxyl groups is 1. The molecule has 6 nitrogen and oxygen atoms in total. The maximum Gasteiger partial charge on any atom is 0.257 e. The quantitative estimate of drug-likeness (QED) is 0.615. The van der Waals surface area contributed by atoms with Gasteiger partial charge in [-0.3, -0.25) is 10.1 Å². The predicted molar refractivity (Wildman–Crippen MR) is 106 cm³/mol. The molecule has 0 saturated heterocycles. The summed E-state index contributed by atoms with van der Waals surface area (Å²) in [5.74, 6) is 0.574. The van der Waals surface area contributed by atoms with Crippen LogP contribution in [0.4, 0.5) is 5.13 Å². The highest BCUT2D eigenvalue weighted by atomic mass is 35.5. The molecule has 2 aromatic carbocycles. The van der Waals surface area contributed by atoms with E-state index in [-0.39, 0.29) is 11.7 Å². The highest BCUT2D eigenvalue weighted by Gasteiger charge is 2.17. The minimum absolute atomic E-state index is 0.155. The molecule has 0 fully saturated rings. The lowest BCUT2D eigenvalue weighted by atomic mass is 10.2. The number of hydrogen-bond acceptors (Lipinski definition) is 6. The Bertz CT molecular complexity index is 974. The summed E-state index contributed by atoms with van der Waals surface area (Å²) in [6, 6.07) is 9.84. The van der Waals surface area contributed by atoms with E-state index >= 15 is 0 Å². The number of methoxy groups -OCH3 is 1. The standard InChI is InChI=1S/C19H17ClN2O4S/c1-3-26-17-14(20)8-12(9-16(17)25-2)18(24)22-19-21-15(10-27-19)11-5-4-6-13(23)7-11/h4-10,23H,3H2,1-2H3,(H,21,22,24). The molecule has 0 saturated carbocycles. The van der Waals surface area contributed by atoms with Gasteiger partial charge < -0.3 is 14.6 Å². The van der Waals surface area contributed by atoms with E-state index in [1.54, 1.807) is 29.6 Å². The van der Waals surface area contributed by atoms with Gasteiger partial charge in [-0.15, -0.1) is 11.3 Å². The van der Waals surface area contributed by atoms with Crippen LogP contribution >= 0.6 is 22.9 Å². The third-order valence-electron chi connectivity index (χ3n) is 3.65. The van der Waals surface area contributed by atoms with Crippen LogP contribution in [-0.4, -0.2) is 29.7 Å². The number of benzene rings is 2. The zero-order valence-corrected chi connectivity index (χ0v) is 16.2. The molecule has 0 aliphatic rings. The van der Waals surface area contributed by atoms with Crippen molar-refractivity contribution in [2.45, 2.75) is 6.92 Å². The van der Waals surface area contributed by atoms with Gasteiger partial charge in [-0.25, -0.2) is 4.98 Å². The maximum atomic E-state index is 12.6. The SMILES string of the molecule is CCOc1c(Cl)cc(C(=O)Nc2nc(-c3cccc(O)c3)cs2)cc1OC. The summed E-state index contributed by atoms with van der Waals surface area (Å²) in [6.45, 7) is 2.27. The second kappa shape index (κ2) is 8.28. The van der Waals surface area contributed by atoms with E-state index in [4.69, 9.17) is 21.1 Å². The lowest BCUT2D eigenvalue weighted by Crippen LogP contribution is -2.12. The number of thiazole rings is 1. The number of phenols is 1. The van der Waals surface area contributed by atoms with Crippen molar-refractivity contribution in [2.24, 2.45) is 0 Å². The number of nitrogens with zero attached hydrogens (tertiary/aromatic N) is 1. The molecule has 3 rings (SSSR count). The molecule has 0 atom stereocenters. The first-order valence-corrected chi connectivity index (χ1v) is 9.34. The van der Waals surface area contributed by atoms with Crippen LogP contribution in [0.5, 0.6) is 17.2 Å². The lowest BCUT2D eigenvalue weighted by molar-refractivity contribution is 0.102. The van der Waals surface area contributed by atoms with Crippen LogP contribution in [0.15, 0.2) is 41.8 Å². The van der Waals surface area contributed by atoms with Gasteiger partial charge in [0.2, 0.25) is 0 Å². The van der Waals surface area contributed by atoms with Gasteiger partial charge in [0.1, 0.15) is 5.75 Å². The molecule has 0 aliphatic carbocycles. The average Bonchev–Trinajstić information content (AvgIpc) is 3.11. The first-order valence-electron chi connectivity index (χ1n) is 8.08. The van der Waals surface area contributed by atoms with Gasteiger partial charge in [0.25, 0.3) is 5.91 Å². The number of halogens is 1. The highest BCUT2D eigenvalue weighted by molar-refractivity contribution is 7.14. The van der Waals surface area contributed by atoms with E-state index in [0.29, 0.717) is 39.5 Å². The molecule has 0 unspecified atom stereocenters. The van der Waals surface area contributed by atoms with Crippen molar-refractivity contribution in [3.63, 3.8) is 0 Å². The maximum absolute atomic E-state index is 12.6. The van der Waals surface area contributed by atoms with Crippen molar-refractivity contribution in [2.75, 3.05) is 19.0 Å². The van der Waals surface area contributed by atoms with Gasteiger partial charge in [-0.05, 0) is 31.2 Å². The molecule has 0 radical (unpaired) electrons. The lowest BCUT2D eigenvalue weighted by Gasteiger charge is -2.12. The number of amides is 1. The molecule has 3 aromatic rings. The molecular formula is C19H17ClN2O4S. The van der Waals surface area contributed by atoms with Gasteiger partial charge in [-0.1, -0.05) is 23.7 Å². The second-order valence-electron chi connectivity index (χ2n) is 5.46. The fourth-order valence-electron chi connectivity index (χ4n) is 2.43. The molecule has 140 valence electrons. The average molecular weight is 405 g/mol. The smallest absolute Gasteiger partial charge is 0.257 e. The van der Waals surface area contributed by atoms with Crippen molar-refractivity contribution in [3.8, 4) is 28.5 Å². The Morgan fingerprint density at radius 3 is 2.85 bits per heavy atom. The summed E-state index contributed by atoms with van der Waals surface area (Å²) >= 11 is 7.50. The Hall–Kier alpha value is -2.77. The number of rotatable bonds is 6. The summed E-state index contributed by atoms with van der Waals surface area (Å²) in [5.41, 5.74) is 1.75. The number of phenolic OH excluding ortho intramolecular Hbond substituents is 1. The van der Waals surface area contributed by atoms with Crippen molar-refractivity contribution in [3.05, 3.63) is 52.4 Å². The Kier molecular flexibility index (Phi) is 5.83. The van der Waals surface area contributed by atoms with Crippen LogP contribution in [0.3, 0.4) is 0 Å². The molecule has 2 N–H and O–H groups in total. The first-order chi connectivity index (χ1) is 13.0. The van der Waals surface area contributed by atoms with E-state index in [0.717, 1.165) is 5.56 Å². The molecular weight excluding hydrogens is 388 g/mol. The molecule has 1 heterocycles. The number of nitrogens with one attached hydrogen (secondary N) is 1. The third kappa shape index (κ3) is 4.32. The molecule has 1 aromatic heterocycles. The van der Waals surface area contributed by atoms with Crippen LogP contribution in [0.25, 0.3) is 11.3 Å². The van der Waals surface area contributed by atoms with Gasteiger partial charge in [-0.2, -0.15) is 0 Å². The third-order valence-corrected chi connectivity index (χ3v) is 4.69. The molecule has 0 spiro atoms. The summed E-state index contributed by atoms with van der Waals surface area (Å²) in [7, 11) is 1.48. The molecule has 0 bridgehead atoms. The Morgan fingerprint density at radius 1 is 1.33 bits per heavy atom. The first kappa shape index (κ1) is 19.0. The number of carbonyl (C=O) groups excluding carboxylic acids is 1. The number of carbonyl (C=O) groups is 1. The Labute approximate surface area is 165 Å². The number of anilines is 1. The number of aromatic nitrogens is 1. The van der Waals surface area contributed by atoms with E-state index in [1.165, 1.54) is 24.5 Å². The summed E-state index contributed by atoms with van der Waals surface area (Å²) in [4.78, 5) is 16.9. The van der Waals surface area contributed by atoms with E-state index in [2.05, 4.69) is 10.3 Å². The number of ether oxygens (including phenoxy) is 2. The predicted octanol–water partition coefficient (Wildman–Crippen LogP) is 4.83. The molecule has 8 heteroatoms. The topological polar surface area (TPSA) is 80.7 Å². The van der Waals surface area contributed by atoms with E-state index in [9.17, 15) is 9.90 Å². The fourth-order valence-corrected chi connectivity index (χ4v) is 3.41. The van der Waals surface area contributed by atoms with Crippen LogP contribution in [-0.2, 0) is 0 Å². The summed E-state index contributed by atoms with van der Waals surface area (Å²) < 4.78 is 10.7. The zero-order chi connectivity index (χ0) is 19.4. The van der Waals surface area contributed by atoms with Crippen molar-refractivity contribution < 1.29 is 19.4 Å². The normalized spacial score (nSPS) is 10.5. The van der Waals surface area contributed by atoms with Crippen molar-refractivity contribution >= 4 is 34.0 Å². The Balaban J connectivity index is 1.81. The van der Waals surface area contributed by atoms with Crippen molar-refractivity contribution in [1.82, 2.24) is 4.98 Å². The van der Waals surface area contributed by atoms with Crippen LogP contribution in [0, 0.1) is 0 Å². The minimum Gasteiger partial charge on any atom is -0.508 e. The van der Waals surface area contributed by atoms with Gasteiger partial charge in [0, 0.05) is 16.5 Å². The van der Waals surface area contributed by atoms with Gasteiger partial charge in [0.05, 0.1) is 24.4 Å². The Morgan fingerprint density at radius 2 is 2.15 bits per heavy atom. The molecule has 1 amide bonds. The van der Waals surface area contributed by atoms with Crippen molar-refractivity contribution in [1.29, 1.82) is 0 Å². The zero-order valence-electron chi connectivity index (χ0n) is 14.7. The molecule has 0 aliphatic heterocycles. The largest absolute Gasteiger partial charge is 0.508 e. The van der Waals surface area contributed by atoms with Crippen LogP contribution in [0.1, 0.15) is 17.3 Å². The van der Waals surface area contributed by atoms with Crippen LogP contribution < -0.4 is 14.8 Å². The highest BCUT2D eigenvalue weighted by Crippen LogP contribution is 2.36. The van der Waals surface area contributed by atoms with E-state index in [1.807, 2.05) is 13.0 Å². The second-order valence-corrected chi connectivity index (χ2v) is 6.73. The van der Waals surface area contributed by atoms with Crippen LogP contribution in [0.2, 0.25) is 5.02 Å². The summed E-state index contributed by atoms with van der Waals surface area (Å²) in [6.07, 6.45) is 0. The summed E-state index contributed by atoms with van der Waals surface area (Å²) in [5, 5.41) is 14.9. The fraction of sp³-hybridized carbons (Fsp3) is 0.158. The molecule has 27 heavy (non-hydrogen) atoms. The minimum atomic E-state index is -0.366. The van der Waals surface area contributed by atoms with Gasteiger partial charge >= 0.3 is 0 Å². The van der Waals surface area contributed by atoms with E-state index < -0.39 is 0 Å².